The van der Waals surface area contributed by atoms with E-state index in [1.807, 2.05) is 0 Å². The molecule has 0 rings (SSSR count). The van der Waals surface area contributed by atoms with Gasteiger partial charge in [0.2, 0.25) is 0 Å². The van der Waals surface area contributed by atoms with Gasteiger partial charge >= 0.3 is 35.8 Å². The Hall–Kier alpha value is -1.04. The molecule has 0 spiro atoms. The van der Waals surface area contributed by atoms with Gasteiger partial charge in [0.1, 0.15) is 0 Å². The first-order valence-corrected chi connectivity index (χ1v) is 23.0. The van der Waals surface area contributed by atoms with Crippen molar-refractivity contribution in [3.8, 4) is 0 Å². The minimum atomic E-state index is -0.304. The van der Waals surface area contributed by atoms with E-state index < -0.39 is 0 Å². The summed E-state index contributed by atoms with van der Waals surface area (Å²) < 4.78 is 11.5. The molecule has 0 aromatic heterocycles. The number of esters is 2. The molecule has 0 heterocycles. The molecule has 0 aliphatic carbocycles. The SMILES string of the molecule is CCCCCCCC/C=C\CCCCCCCCOC(=O)/C(CCCC)=C(/CCCC)C(=O)OCCCCCCCC/C=C\CCCCCCCC.[SnH4]. The van der Waals surface area contributed by atoms with Crippen LogP contribution in [0, 0.1) is 0 Å². The Bertz CT molecular complexity index is 807. The summed E-state index contributed by atoms with van der Waals surface area (Å²) in [5.74, 6) is -0.608. The first-order valence-electron chi connectivity index (χ1n) is 23.0. The Labute approximate surface area is 347 Å². The van der Waals surface area contributed by atoms with E-state index in [-0.39, 0.29) is 35.8 Å². The van der Waals surface area contributed by atoms with Gasteiger partial charge in [-0.05, 0) is 89.9 Å². The van der Waals surface area contributed by atoms with Crippen LogP contribution in [-0.2, 0) is 19.1 Å². The molecule has 0 unspecified atom stereocenters. The molecule has 0 aliphatic rings. The van der Waals surface area contributed by atoms with Gasteiger partial charge in [0.15, 0.2) is 0 Å². The monoisotopic (exact) mass is 853 g/mol. The molecule has 0 aromatic carbocycles. The van der Waals surface area contributed by atoms with Crippen molar-refractivity contribution >= 4 is 35.8 Å². The Balaban J connectivity index is 0. The second-order valence-electron chi connectivity index (χ2n) is 15.3. The number of rotatable bonds is 40. The van der Waals surface area contributed by atoms with Crippen LogP contribution in [0.4, 0.5) is 0 Å². The standard InChI is InChI=1S/C48H88O4.Sn.4H/c1-5-9-13-15-17-19-21-23-25-27-29-31-33-35-37-39-43-51-47(49)45(41-11-7-3)46(42-12-8-4)48(50)52-44-40-38-36-34-32-30-28-26-24-22-20-18-16-14-10-6-2;;;;;/h23-26H,5-22,27-44H2,1-4H3;;;;;/b25-23-,26-24-,46-45-;;;;;. The molecule has 0 bridgehead atoms. The quantitative estimate of drug-likeness (QED) is 0.0203. The molecule has 0 aromatic rings. The topological polar surface area (TPSA) is 52.6 Å². The molecule has 0 atom stereocenters. The Morgan fingerprint density at radius 3 is 0.868 bits per heavy atom. The summed E-state index contributed by atoms with van der Waals surface area (Å²) in [5, 5.41) is 0. The van der Waals surface area contributed by atoms with Crippen LogP contribution >= 0.6 is 0 Å². The molecule has 5 heteroatoms. The summed E-state index contributed by atoms with van der Waals surface area (Å²) in [6.07, 6.45) is 49.5. The molecule has 53 heavy (non-hydrogen) atoms. The molecule has 0 radical (unpaired) electrons. The second-order valence-corrected chi connectivity index (χ2v) is 15.3. The van der Waals surface area contributed by atoms with Crippen molar-refractivity contribution in [2.45, 2.75) is 246 Å². The fraction of sp³-hybridized carbons (Fsp3) is 0.833. The number of ether oxygens (including phenoxy) is 2. The normalized spacial score (nSPS) is 12.0. The van der Waals surface area contributed by atoms with Crippen molar-refractivity contribution < 1.29 is 19.1 Å². The molecular weight excluding hydrogens is 759 g/mol. The predicted molar refractivity (Wildman–Crippen MR) is 238 cm³/mol. The average Bonchev–Trinajstić information content (AvgIpc) is 3.15. The summed E-state index contributed by atoms with van der Waals surface area (Å²) in [6.45, 7) is 9.65. The Kier molecular flexibility index (Phi) is 46.3. The van der Waals surface area contributed by atoms with Gasteiger partial charge in [-0.25, -0.2) is 9.59 Å². The molecule has 0 saturated heterocycles. The number of carbonyl (C=O) groups is 2. The predicted octanol–water partition coefficient (Wildman–Crippen LogP) is 14.4. The average molecular weight is 852 g/mol. The van der Waals surface area contributed by atoms with Crippen molar-refractivity contribution in [2.24, 2.45) is 0 Å². The van der Waals surface area contributed by atoms with Gasteiger partial charge < -0.3 is 9.47 Å². The first kappa shape index (κ1) is 54.1. The van der Waals surface area contributed by atoms with E-state index >= 15 is 0 Å². The van der Waals surface area contributed by atoms with E-state index in [4.69, 9.17) is 9.47 Å². The molecule has 0 saturated carbocycles. The van der Waals surface area contributed by atoms with E-state index in [1.165, 1.54) is 154 Å². The maximum atomic E-state index is 13.3. The van der Waals surface area contributed by atoms with Crippen LogP contribution in [-0.4, -0.2) is 49.1 Å². The summed E-state index contributed by atoms with van der Waals surface area (Å²) in [7, 11) is 0. The van der Waals surface area contributed by atoms with Crippen molar-refractivity contribution in [3.05, 3.63) is 35.5 Å². The summed E-state index contributed by atoms with van der Waals surface area (Å²) in [4.78, 5) is 26.5. The third kappa shape index (κ3) is 37.6. The van der Waals surface area contributed by atoms with Gasteiger partial charge in [0.25, 0.3) is 0 Å². The Morgan fingerprint density at radius 2 is 0.585 bits per heavy atom. The van der Waals surface area contributed by atoms with Crippen LogP contribution in [0.2, 0.25) is 0 Å². The van der Waals surface area contributed by atoms with Gasteiger partial charge in [-0.2, -0.15) is 0 Å². The van der Waals surface area contributed by atoms with Gasteiger partial charge in [-0.3, -0.25) is 0 Å². The van der Waals surface area contributed by atoms with Gasteiger partial charge in [0, 0.05) is 11.1 Å². The minimum absolute atomic E-state index is 0. The zero-order chi connectivity index (χ0) is 38.0. The van der Waals surface area contributed by atoms with Crippen LogP contribution in [0.15, 0.2) is 35.5 Å². The number of unbranched alkanes of at least 4 members (excludes halogenated alkanes) is 26. The second kappa shape index (κ2) is 45.3. The summed E-state index contributed by atoms with van der Waals surface area (Å²) in [6, 6.07) is 0. The van der Waals surface area contributed by atoms with Gasteiger partial charge in [0.05, 0.1) is 13.2 Å². The third-order valence-corrected chi connectivity index (χ3v) is 10.2. The maximum absolute atomic E-state index is 13.3. The van der Waals surface area contributed by atoms with E-state index in [0.717, 1.165) is 51.4 Å². The van der Waals surface area contributed by atoms with Gasteiger partial charge in [-0.1, -0.05) is 180 Å². The molecule has 312 valence electrons. The van der Waals surface area contributed by atoms with Crippen LogP contribution in [0.25, 0.3) is 0 Å². The van der Waals surface area contributed by atoms with E-state index in [0.29, 0.717) is 37.2 Å². The number of allylic oxidation sites excluding steroid dienone is 4. The summed E-state index contributed by atoms with van der Waals surface area (Å²) in [5.41, 5.74) is 1.12. The summed E-state index contributed by atoms with van der Waals surface area (Å²) >= 11 is 0. The number of hydrogen-bond donors (Lipinski definition) is 0. The molecular formula is C48H92O4Sn. The number of carbonyl (C=O) groups excluding carboxylic acids is 2. The van der Waals surface area contributed by atoms with Crippen molar-refractivity contribution in [1.29, 1.82) is 0 Å². The van der Waals surface area contributed by atoms with Crippen LogP contribution in [0.5, 0.6) is 0 Å². The third-order valence-electron chi connectivity index (χ3n) is 10.2. The number of hydrogen-bond acceptors (Lipinski definition) is 4. The van der Waals surface area contributed by atoms with E-state index in [1.54, 1.807) is 0 Å². The fourth-order valence-corrected chi connectivity index (χ4v) is 6.66. The van der Waals surface area contributed by atoms with Crippen LogP contribution in [0.1, 0.15) is 246 Å². The van der Waals surface area contributed by atoms with Crippen molar-refractivity contribution in [2.75, 3.05) is 13.2 Å². The zero-order valence-corrected chi connectivity index (χ0v) is 35.4. The van der Waals surface area contributed by atoms with E-state index in [9.17, 15) is 9.59 Å². The molecule has 0 amide bonds. The van der Waals surface area contributed by atoms with E-state index in [2.05, 4.69) is 52.0 Å². The first-order chi connectivity index (χ1) is 25.6. The Morgan fingerprint density at radius 1 is 0.340 bits per heavy atom. The zero-order valence-electron chi connectivity index (χ0n) is 35.4. The van der Waals surface area contributed by atoms with Crippen molar-refractivity contribution in [3.63, 3.8) is 0 Å². The van der Waals surface area contributed by atoms with Crippen LogP contribution < -0.4 is 0 Å². The fourth-order valence-electron chi connectivity index (χ4n) is 6.66. The van der Waals surface area contributed by atoms with Crippen LogP contribution in [0.3, 0.4) is 0 Å². The molecule has 4 nitrogen and oxygen atoms in total. The van der Waals surface area contributed by atoms with Gasteiger partial charge in [-0.15, -0.1) is 0 Å². The molecule has 0 aliphatic heterocycles. The molecule has 0 N–H and O–H groups in total. The van der Waals surface area contributed by atoms with Crippen molar-refractivity contribution in [1.82, 2.24) is 0 Å². The molecule has 0 fully saturated rings.